The Morgan fingerprint density at radius 2 is 0.958 bits per heavy atom. The van der Waals surface area contributed by atoms with Crippen LogP contribution in [0.25, 0.3) is 11.4 Å². The molecule has 1 aromatic heterocycles. The molecule has 2 nitrogen and oxygen atoms in total. The van der Waals surface area contributed by atoms with Gasteiger partial charge in [0.05, 0.1) is 0 Å². The normalized spacial score (nSPS) is 13.0. The van der Waals surface area contributed by atoms with E-state index in [0.29, 0.717) is 41.4 Å². The Kier molecular flexibility index (Phi) is 12.6. The molecule has 260 valence electrons. The average molecular weight is 722 g/mol. The maximum absolute atomic E-state index is 8.08. The first-order valence-electron chi connectivity index (χ1n) is 18.1. The van der Waals surface area contributed by atoms with Gasteiger partial charge in [0, 0.05) is 22.3 Å². The van der Waals surface area contributed by atoms with Crippen LogP contribution in [-0.2, 0) is 0 Å². The molecule has 0 aliphatic carbocycles. The Labute approximate surface area is 304 Å². The van der Waals surface area contributed by atoms with Crippen molar-refractivity contribution in [1.82, 2.24) is 4.57 Å². The summed E-state index contributed by atoms with van der Waals surface area (Å²) in [6.07, 6.45) is 1.16. The minimum absolute atomic E-state index is 0.333. The van der Waals surface area contributed by atoms with Crippen molar-refractivity contribution in [2.24, 2.45) is 0 Å². The first kappa shape index (κ1) is 38.9. The van der Waals surface area contributed by atoms with Crippen molar-refractivity contribution >= 4 is 47.4 Å². The van der Waals surface area contributed by atoms with Crippen LogP contribution in [0, 0.1) is 0 Å². The molecule has 0 amide bonds. The maximum atomic E-state index is 8.08. The van der Waals surface area contributed by atoms with Crippen molar-refractivity contribution in [1.29, 1.82) is 0 Å². The molecule has 0 bridgehead atoms. The smallest absolute Gasteiger partial charge is 0.240 e. The van der Waals surface area contributed by atoms with Gasteiger partial charge < -0.3 is 8.13 Å². The molecule has 0 saturated heterocycles. The number of nitrogens with zero attached hydrogens (tertiary/aromatic N) is 2. The molecule has 48 heavy (non-hydrogen) atoms. The van der Waals surface area contributed by atoms with Crippen LogP contribution < -0.4 is 15.3 Å². The lowest BCUT2D eigenvalue weighted by molar-refractivity contribution is -0.577. The highest BCUT2D eigenvalue weighted by molar-refractivity contribution is 8.07. The molecule has 0 aliphatic heterocycles. The molecular weight excluding hydrogens is 662 g/mol. The van der Waals surface area contributed by atoms with Gasteiger partial charge in [-0.1, -0.05) is 157 Å². The monoisotopic (exact) mass is 720 g/mol. The van der Waals surface area contributed by atoms with Crippen molar-refractivity contribution in [2.75, 3.05) is 0 Å². The van der Waals surface area contributed by atoms with Gasteiger partial charge in [0.15, 0.2) is 0 Å². The third-order valence-electron chi connectivity index (χ3n) is 9.61. The molecule has 0 spiro atoms. The van der Waals surface area contributed by atoms with Gasteiger partial charge in [-0.25, -0.2) is 9.13 Å². The van der Waals surface area contributed by atoms with E-state index in [2.05, 4.69) is 167 Å². The second kappa shape index (κ2) is 15.5. The minimum atomic E-state index is -3.31. The second-order valence-corrected chi connectivity index (χ2v) is 26.2. The predicted molar refractivity (Wildman–Crippen MR) is 216 cm³/mol. The van der Waals surface area contributed by atoms with Crippen LogP contribution in [0.5, 0.6) is 0 Å². The Balaban J connectivity index is 2.17. The highest BCUT2D eigenvalue weighted by atomic mass is 35.7. The Morgan fingerprint density at radius 1 is 0.562 bits per heavy atom. The van der Waals surface area contributed by atoms with Crippen molar-refractivity contribution in [3.63, 3.8) is 0 Å². The van der Waals surface area contributed by atoms with E-state index in [0.717, 1.165) is 13.6 Å². The zero-order valence-corrected chi connectivity index (χ0v) is 35.3. The summed E-state index contributed by atoms with van der Waals surface area (Å²) in [5.41, 5.74) is 12.8. The fraction of sp³-hybridized carbons (Fsp3) is 0.500. The molecule has 3 aromatic carbocycles. The summed E-state index contributed by atoms with van der Waals surface area (Å²) in [6.45, 7) is 32.1. The highest BCUT2D eigenvalue weighted by Gasteiger charge is 2.39. The number of aromatic nitrogens is 2. The van der Waals surface area contributed by atoms with Gasteiger partial charge in [-0.05, 0) is 47.0 Å². The lowest BCUT2D eigenvalue weighted by atomic mass is 9.89. The summed E-state index contributed by atoms with van der Waals surface area (Å²) >= 11 is 16.2. The molecular formula is C42H59Cl2N2PSi. The molecule has 0 aliphatic rings. The number of imidazole rings is 1. The van der Waals surface area contributed by atoms with E-state index in [-0.39, 0.29) is 0 Å². The molecule has 4 aromatic rings. The summed E-state index contributed by atoms with van der Waals surface area (Å²) in [7, 11) is 1.01. The first-order chi connectivity index (χ1) is 22.4. The molecule has 1 heterocycles. The van der Waals surface area contributed by atoms with E-state index < -0.39 is 6.36 Å². The van der Waals surface area contributed by atoms with Gasteiger partial charge >= 0.3 is 0 Å². The molecule has 0 fully saturated rings. The first-order valence-corrected chi connectivity index (χ1v) is 23.8. The number of rotatable bonds is 12. The van der Waals surface area contributed by atoms with Gasteiger partial charge in [-0.2, -0.15) is 27.5 Å². The zero-order chi connectivity index (χ0) is 35.8. The van der Waals surface area contributed by atoms with Crippen molar-refractivity contribution in [2.45, 2.75) is 138 Å². The predicted octanol–water partition coefficient (Wildman–Crippen LogP) is 12.5. The van der Waals surface area contributed by atoms with Gasteiger partial charge in [-0.15, -0.1) is 0 Å². The average Bonchev–Trinajstić information content (AvgIpc) is 3.45. The third-order valence-corrected chi connectivity index (χ3v) is 16.3. The van der Waals surface area contributed by atoms with E-state index in [1.165, 1.54) is 55.6 Å². The number of halogens is 2. The summed E-state index contributed by atoms with van der Waals surface area (Å²) in [4.78, 5) is 0. The van der Waals surface area contributed by atoms with Gasteiger partial charge in [0.1, 0.15) is 23.8 Å². The molecule has 0 N–H and O–H groups in total. The number of hydrogen-bond acceptors (Lipinski definition) is 0. The molecule has 4 rings (SSSR count). The van der Waals surface area contributed by atoms with Gasteiger partial charge in [0.25, 0.3) is 0 Å². The van der Waals surface area contributed by atoms with Crippen LogP contribution in [0.4, 0.5) is 0 Å². The van der Waals surface area contributed by atoms with E-state index in [9.17, 15) is 0 Å². The zero-order valence-electron chi connectivity index (χ0n) is 31.9. The molecule has 0 radical (unpaired) electrons. The summed E-state index contributed by atoms with van der Waals surface area (Å²) < 4.78 is 4.77. The third kappa shape index (κ3) is 7.86. The summed E-state index contributed by atoms with van der Waals surface area (Å²) in [5.74, 6) is 2.48. The highest BCUT2D eigenvalue weighted by Crippen LogP contribution is 2.41. The topological polar surface area (TPSA) is 8.81 Å². The lowest BCUT2D eigenvalue weighted by Crippen LogP contribution is -2.59. The fourth-order valence-electron chi connectivity index (χ4n) is 6.86. The fourth-order valence-corrected chi connectivity index (χ4v) is 14.3. The standard InChI is InChI=1S/C42H59Cl2N2PSi/c1-25(2)32-23-37(30(11)12)41(38(24-32)31(13)14)47-48(43,44)42-45(39-33(26(3)4)17-15-18-34(39)27(5)6)21-22-46(42)40-35(28(7)8)19-16-20-36(40)29(9)10/h15-31H,1-14H3. The van der Waals surface area contributed by atoms with Crippen molar-refractivity contribution in [3.05, 3.63) is 99.9 Å². The second-order valence-electron chi connectivity index (χ2n) is 15.7. The van der Waals surface area contributed by atoms with E-state index >= 15 is 0 Å². The van der Waals surface area contributed by atoms with Gasteiger partial charge in [0.2, 0.25) is 11.8 Å². The number of benzene rings is 3. The number of hydrogen-bond donors (Lipinski definition) is 0. The van der Waals surface area contributed by atoms with Crippen LogP contribution >= 0.6 is 30.3 Å². The molecule has 0 saturated carbocycles. The summed E-state index contributed by atoms with van der Waals surface area (Å²) in [5, 5.41) is 1.31. The summed E-state index contributed by atoms with van der Waals surface area (Å²) in [6, 6.07) is 18.4. The van der Waals surface area contributed by atoms with Crippen LogP contribution in [-0.4, -0.2) is 10.9 Å². The van der Waals surface area contributed by atoms with E-state index in [4.69, 9.17) is 22.2 Å². The van der Waals surface area contributed by atoms with Crippen LogP contribution in [0.1, 0.15) is 177 Å². The largest absolute Gasteiger partial charge is 0.460 e. The van der Waals surface area contributed by atoms with E-state index in [1.54, 1.807) is 0 Å². The minimum Gasteiger partial charge on any atom is -0.460 e. The molecule has 6 heteroatoms. The van der Waals surface area contributed by atoms with Crippen molar-refractivity contribution in [3.8, 4) is 11.4 Å². The number of para-hydroxylation sites is 2. The SMILES string of the molecule is CC(C)c1cc(C(C)C)c([P-][Si](Cl)(Cl)c2n(-c3c(C(C)C)cccc3C(C)C)cc[n+]2-c2c(C(C)C)cccc2C(C)C)c(C(C)C)c1. The maximum Gasteiger partial charge on any atom is 0.240 e. The quantitative estimate of drug-likeness (QED) is 0.0596. The van der Waals surface area contributed by atoms with Crippen molar-refractivity contribution < 1.29 is 4.57 Å². The Hall–Kier alpha value is -1.90. The molecule has 0 atom stereocenters. The Bertz CT molecular complexity index is 1570. The molecule has 0 unspecified atom stereocenters. The lowest BCUT2D eigenvalue weighted by Gasteiger charge is -2.37. The Morgan fingerprint density at radius 3 is 1.33 bits per heavy atom. The van der Waals surface area contributed by atoms with E-state index in [1.807, 2.05) is 0 Å². The van der Waals surface area contributed by atoms with Crippen LogP contribution in [0.2, 0.25) is 0 Å². The van der Waals surface area contributed by atoms with Crippen LogP contribution in [0.15, 0.2) is 60.9 Å². The van der Waals surface area contributed by atoms with Crippen LogP contribution in [0.3, 0.4) is 0 Å². The van der Waals surface area contributed by atoms with Gasteiger partial charge in [-0.3, -0.25) is 0 Å².